The Bertz CT molecular complexity index is 667. The number of hydrogen-bond donors (Lipinski definition) is 2. The Morgan fingerprint density at radius 3 is 2.08 bits per heavy atom. The molecule has 0 aromatic heterocycles. The first-order valence-corrected chi connectivity index (χ1v) is 8.99. The molecule has 1 aliphatic rings. The summed E-state index contributed by atoms with van der Waals surface area (Å²) < 4.78 is 0. The summed E-state index contributed by atoms with van der Waals surface area (Å²) in [5.41, 5.74) is 2.06. The van der Waals surface area contributed by atoms with Gasteiger partial charge in [0.2, 0.25) is 0 Å². The number of nitrogens with zero attached hydrogens (tertiary/aromatic N) is 1. The SMILES string of the molecule is O=C(O)N(CCc1ccccc1)C1(Cc2ccccc2)CCNCC1. The summed E-state index contributed by atoms with van der Waals surface area (Å²) in [7, 11) is 0. The molecule has 2 N–H and O–H groups in total. The highest BCUT2D eigenvalue weighted by molar-refractivity contribution is 5.66. The van der Waals surface area contributed by atoms with Crippen LogP contribution in [0, 0.1) is 0 Å². The number of rotatable bonds is 6. The summed E-state index contributed by atoms with van der Waals surface area (Å²) >= 11 is 0. The summed E-state index contributed by atoms with van der Waals surface area (Å²) in [6.07, 6.45) is 2.41. The predicted octanol–water partition coefficient (Wildman–Crippen LogP) is 3.57. The second kappa shape index (κ2) is 8.17. The van der Waals surface area contributed by atoms with Crippen molar-refractivity contribution in [2.45, 2.75) is 31.2 Å². The van der Waals surface area contributed by atoms with Crippen LogP contribution in [-0.2, 0) is 12.8 Å². The van der Waals surface area contributed by atoms with Crippen LogP contribution in [0.5, 0.6) is 0 Å². The second-order valence-corrected chi connectivity index (χ2v) is 6.81. The third kappa shape index (κ3) is 4.40. The van der Waals surface area contributed by atoms with Gasteiger partial charge in [0.15, 0.2) is 0 Å². The van der Waals surface area contributed by atoms with Gasteiger partial charge < -0.3 is 15.3 Å². The summed E-state index contributed by atoms with van der Waals surface area (Å²) in [6.45, 7) is 2.26. The highest BCUT2D eigenvalue weighted by atomic mass is 16.4. The Morgan fingerprint density at radius 1 is 0.960 bits per heavy atom. The quantitative estimate of drug-likeness (QED) is 0.846. The molecule has 1 aliphatic heterocycles. The lowest BCUT2D eigenvalue weighted by Crippen LogP contribution is -2.58. The monoisotopic (exact) mass is 338 g/mol. The molecule has 2 aromatic rings. The number of nitrogens with one attached hydrogen (secondary N) is 1. The molecule has 1 saturated heterocycles. The molecule has 1 heterocycles. The number of benzene rings is 2. The Kier molecular flexibility index (Phi) is 5.71. The second-order valence-electron chi connectivity index (χ2n) is 6.81. The minimum absolute atomic E-state index is 0.326. The van der Waals surface area contributed by atoms with E-state index in [4.69, 9.17) is 0 Å². The van der Waals surface area contributed by atoms with Gasteiger partial charge in [0.1, 0.15) is 0 Å². The molecule has 4 nitrogen and oxygen atoms in total. The number of amides is 1. The number of carboxylic acid groups (broad SMARTS) is 1. The van der Waals surface area contributed by atoms with E-state index in [1.54, 1.807) is 4.90 Å². The molecule has 0 saturated carbocycles. The van der Waals surface area contributed by atoms with E-state index in [2.05, 4.69) is 29.6 Å². The van der Waals surface area contributed by atoms with Crippen LogP contribution in [0.25, 0.3) is 0 Å². The molecule has 3 rings (SSSR count). The topological polar surface area (TPSA) is 52.6 Å². The molecule has 0 bridgehead atoms. The van der Waals surface area contributed by atoms with Gasteiger partial charge in [-0.25, -0.2) is 4.79 Å². The van der Waals surface area contributed by atoms with Crippen LogP contribution >= 0.6 is 0 Å². The summed E-state index contributed by atoms with van der Waals surface area (Å²) in [4.78, 5) is 13.8. The Morgan fingerprint density at radius 2 is 1.52 bits per heavy atom. The zero-order valence-electron chi connectivity index (χ0n) is 14.5. The third-order valence-corrected chi connectivity index (χ3v) is 5.18. The van der Waals surface area contributed by atoms with Crippen LogP contribution in [0.1, 0.15) is 24.0 Å². The van der Waals surface area contributed by atoms with Crippen molar-refractivity contribution in [3.8, 4) is 0 Å². The van der Waals surface area contributed by atoms with E-state index in [0.29, 0.717) is 6.54 Å². The van der Waals surface area contributed by atoms with Gasteiger partial charge in [-0.1, -0.05) is 60.7 Å². The third-order valence-electron chi connectivity index (χ3n) is 5.18. The van der Waals surface area contributed by atoms with Crippen LogP contribution < -0.4 is 5.32 Å². The Labute approximate surface area is 149 Å². The van der Waals surface area contributed by atoms with Crippen LogP contribution in [0.3, 0.4) is 0 Å². The lowest BCUT2D eigenvalue weighted by molar-refractivity contribution is 0.0543. The molecule has 1 fully saturated rings. The molecule has 0 unspecified atom stereocenters. The van der Waals surface area contributed by atoms with Crippen molar-refractivity contribution < 1.29 is 9.90 Å². The van der Waals surface area contributed by atoms with Crippen molar-refractivity contribution in [3.63, 3.8) is 0 Å². The number of hydrogen-bond acceptors (Lipinski definition) is 2. The van der Waals surface area contributed by atoms with Crippen molar-refractivity contribution in [3.05, 3.63) is 71.8 Å². The van der Waals surface area contributed by atoms with E-state index in [1.807, 2.05) is 36.4 Å². The lowest BCUT2D eigenvalue weighted by atomic mass is 9.80. The average Bonchev–Trinajstić information content (AvgIpc) is 2.64. The molecule has 0 atom stereocenters. The molecule has 0 spiro atoms. The van der Waals surface area contributed by atoms with E-state index in [-0.39, 0.29) is 5.54 Å². The molecule has 0 radical (unpaired) electrons. The Hall–Kier alpha value is -2.33. The highest BCUT2D eigenvalue weighted by Crippen LogP contribution is 2.31. The van der Waals surface area contributed by atoms with E-state index in [0.717, 1.165) is 38.8 Å². The fraction of sp³-hybridized carbons (Fsp3) is 0.381. The van der Waals surface area contributed by atoms with Crippen LogP contribution in [0.15, 0.2) is 60.7 Å². The van der Waals surface area contributed by atoms with E-state index < -0.39 is 6.09 Å². The molecule has 4 heteroatoms. The molecule has 132 valence electrons. The Balaban J connectivity index is 1.81. The van der Waals surface area contributed by atoms with E-state index >= 15 is 0 Å². The van der Waals surface area contributed by atoms with E-state index in [1.165, 1.54) is 11.1 Å². The minimum atomic E-state index is -0.811. The maximum absolute atomic E-state index is 12.1. The van der Waals surface area contributed by atoms with Crippen LogP contribution in [-0.4, -0.2) is 41.3 Å². The number of piperidine rings is 1. The zero-order valence-corrected chi connectivity index (χ0v) is 14.5. The average molecular weight is 338 g/mol. The van der Waals surface area contributed by atoms with Crippen LogP contribution in [0.2, 0.25) is 0 Å². The van der Waals surface area contributed by atoms with Crippen LogP contribution in [0.4, 0.5) is 4.79 Å². The van der Waals surface area contributed by atoms with Gasteiger partial charge in [0.25, 0.3) is 0 Å². The standard InChI is InChI=1S/C21H26N2O2/c24-20(25)23(16-11-18-7-3-1-4-8-18)21(12-14-22-15-13-21)17-19-9-5-2-6-10-19/h1-10,22H,11-17H2,(H,24,25). The molecule has 2 aromatic carbocycles. The van der Waals surface area contributed by atoms with E-state index in [9.17, 15) is 9.90 Å². The summed E-state index contributed by atoms with van der Waals surface area (Å²) in [5, 5.41) is 13.3. The van der Waals surface area contributed by atoms with Gasteiger partial charge in [0.05, 0.1) is 5.54 Å². The zero-order chi connectivity index (χ0) is 17.5. The maximum atomic E-state index is 12.1. The van der Waals surface area contributed by atoms with Gasteiger partial charge in [0, 0.05) is 6.54 Å². The number of carbonyl (C=O) groups is 1. The van der Waals surface area contributed by atoms with Crippen molar-refractivity contribution in [2.75, 3.05) is 19.6 Å². The van der Waals surface area contributed by atoms with Crippen molar-refractivity contribution in [1.29, 1.82) is 0 Å². The van der Waals surface area contributed by atoms with Gasteiger partial charge in [-0.2, -0.15) is 0 Å². The van der Waals surface area contributed by atoms with Crippen molar-refractivity contribution in [2.24, 2.45) is 0 Å². The first-order chi connectivity index (χ1) is 12.2. The maximum Gasteiger partial charge on any atom is 0.407 e. The minimum Gasteiger partial charge on any atom is -0.465 e. The molecular formula is C21H26N2O2. The largest absolute Gasteiger partial charge is 0.465 e. The van der Waals surface area contributed by atoms with Gasteiger partial charge in [-0.3, -0.25) is 0 Å². The first kappa shape index (κ1) is 17.5. The van der Waals surface area contributed by atoms with Crippen molar-refractivity contribution in [1.82, 2.24) is 10.2 Å². The highest BCUT2D eigenvalue weighted by Gasteiger charge is 2.40. The fourth-order valence-corrected chi connectivity index (χ4v) is 3.83. The normalized spacial score (nSPS) is 16.3. The molecule has 25 heavy (non-hydrogen) atoms. The van der Waals surface area contributed by atoms with Gasteiger partial charge >= 0.3 is 6.09 Å². The van der Waals surface area contributed by atoms with Gasteiger partial charge in [-0.05, 0) is 49.9 Å². The smallest absolute Gasteiger partial charge is 0.407 e. The van der Waals surface area contributed by atoms with Crippen molar-refractivity contribution >= 4 is 6.09 Å². The molecular weight excluding hydrogens is 312 g/mol. The first-order valence-electron chi connectivity index (χ1n) is 8.99. The molecule has 1 amide bonds. The lowest BCUT2D eigenvalue weighted by Gasteiger charge is -2.45. The molecule has 0 aliphatic carbocycles. The summed E-state index contributed by atoms with van der Waals surface area (Å²) in [5.74, 6) is 0. The fourth-order valence-electron chi connectivity index (χ4n) is 3.83. The van der Waals surface area contributed by atoms with Gasteiger partial charge in [-0.15, -0.1) is 0 Å². The summed E-state index contributed by atoms with van der Waals surface area (Å²) in [6, 6.07) is 20.4. The predicted molar refractivity (Wildman–Crippen MR) is 99.9 cm³/mol.